The third-order valence-corrected chi connectivity index (χ3v) is 9.81. The van der Waals surface area contributed by atoms with Gasteiger partial charge in [0.1, 0.15) is 11.2 Å². The van der Waals surface area contributed by atoms with Crippen LogP contribution in [-0.2, 0) is 0 Å². The second-order valence-electron chi connectivity index (χ2n) is 12.5. The first kappa shape index (κ1) is 26.1. The number of hydrogen-bond acceptors (Lipinski definition) is 1. The van der Waals surface area contributed by atoms with Gasteiger partial charge in [-0.15, -0.1) is 0 Å². The third kappa shape index (κ3) is 4.03. The summed E-state index contributed by atoms with van der Waals surface area (Å²) in [7, 11) is 0. The van der Waals surface area contributed by atoms with E-state index in [-0.39, 0.29) is 0 Å². The van der Waals surface area contributed by atoms with E-state index in [2.05, 4.69) is 158 Å². The lowest BCUT2D eigenvalue weighted by Gasteiger charge is -2.18. The average Bonchev–Trinajstić information content (AvgIpc) is 3.50. The zero-order valence-corrected chi connectivity index (χ0v) is 25.6. The molecule has 9 aromatic carbocycles. The van der Waals surface area contributed by atoms with Gasteiger partial charge in [-0.25, -0.2) is 0 Å². The predicted octanol–water partition coefficient (Wildman–Crippen LogP) is 13.2. The van der Waals surface area contributed by atoms with Gasteiger partial charge in [0.05, 0.1) is 0 Å². The van der Waals surface area contributed by atoms with Crippen molar-refractivity contribution in [2.24, 2.45) is 0 Å². The Morgan fingerprint density at radius 2 is 0.851 bits per heavy atom. The summed E-state index contributed by atoms with van der Waals surface area (Å²) in [5, 5.41) is 12.3. The summed E-state index contributed by atoms with van der Waals surface area (Å²) in [5.74, 6) is 0. The van der Waals surface area contributed by atoms with Gasteiger partial charge in [-0.2, -0.15) is 0 Å². The van der Waals surface area contributed by atoms with E-state index in [0.29, 0.717) is 0 Å². The van der Waals surface area contributed by atoms with Crippen LogP contribution < -0.4 is 0 Å². The lowest BCUT2D eigenvalue weighted by Crippen LogP contribution is -1.91. The van der Waals surface area contributed by atoms with Crippen molar-refractivity contribution in [3.05, 3.63) is 170 Å². The molecule has 0 saturated heterocycles. The standard InChI is InChI=1S/C46H28O/c1-2-12-30-25-34(24-23-29(30)11-1)46-39-19-5-3-17-37(39)45(38-18-4-6-20-40(38)46)33-15-9-13-31(26-33)35-21-10-14-32-27-42-36-16-7-8-22-43(36)47-44(42)28-41(32)35/h1-28H. The van der Waals surface area contributed by atoms with Gasteiger partial charge in [-0.1, -0.05) is 140 Å². The molecule has 0 atom stereocenters. The van der Waals surface area contributed by atoms with Crippen LogP contribution in [0.25, 0.3) is 98.4 Å². The van der Waals surface area contributed by atoms with Gasteiger partial charge >= 0.3 is 0 Å². The van der Waals surface area contributed by atoms with Gasteiger partial charge in [0.2, 0.25) is 0 Å². The van der Waals surface area contributed by atoms with Crippen molar-refractivity contribution >= 4 is 65.0 Å². The molecule has 0 fully saturated rings. The van der Waals surface area contributed by atoms with Gasteiger partial charge in [-0.3, -0.25) is 0 Å². The molecule has 0 radical (unpaired) electrons. The minimum atomic E-state index is 0.920. The maximum absolute atomic E-state index is 6.31. The van der Waals surface area contributed by atoms with Crippen molar-refractivity contribution in [2.75, 3.05) is 0 Å². The molecule has 1 aromatic heterocycles. The molecule has 0 amide bonds. The second-order valence-corrected chi connectivity index (χ2v) is 12.5. The molecule has 0 spiro atoms. The molecule has 0 aliphatic heterocycles. The normalized spacial score (nSPS) is 11.8. The van der Waals surface area contributed by atoms with Crippen LogP contribution in [0.15, 0.2) is 174 Å². The van der Waals surface area contributed by atoms with Gasteiger partial charge in [0.25, 0.3) is 0 Å². The first-order valence-corrected chi connectivity index (χ1v) is 16.2. The van der Waals surface area contributed by atoms with E-state index in [1.165, 1.54) is 76.5 Å². The fourth-order valence-electron chi connectivity index (χ4n) is 7.69. The molecule has 1 nitrogen and oxygen atoms in total. The van der Waals surface area contributed by atoms with Crippen LogP contribution >= 0.6 is 0 Å². The number of rotatable bonds is 3. The molecular formula is C46H28O. The predicted molar refractivity (Wildman–Crippen MR) is 200 cm³/mol. The smallest absolute Gasteiger partial charge is 0.136 e. The molecule has 0 N–H and O–H groups in total. The quantitative estimate of drug-likeness (QED) is 0.185. The van der Waals surface area contributed by atoms with E-state index in [1.54, 1.807) is 0 Å². The number of furan rings is 1. The first-order valence-electron chi connectivity index (χ1n) is 16.2. The zero-order chi connectivity index (χ0) is 30.9. The molecule has 0 bridgehead atoms. The maximum Gasteiger partial charge on any atom is 0.136 e. The number of benzene rings is 9. The highest BCUT2D eigenvalue weighted by molar-refractivity contribution is 6.22. The van der Waals surface area contributed by atoms with Crippen molar-refractivity contribution < 1.29 is 4.42 Å². The van der Waals surface area contributed by atoms with Crippen LogP contribution in [0.5, 0.6) is 0 Å². The molecule has 0 aliphatic carbocycles. The fraction of sp³-hybridized carbons (Fsp3) is 0. The molecule has 218 valence electrons. The summed E-state index contributed by atoms with van der Waals surface area (Å²) in [6.07, 6.45) is 0. The summed E-state index contributed by atoms with van der Waals surface area (Å²) in [6.45, 7) is 0. The van der Waals surface area contributed by atoms with Crippen molar-refractivity contribution in [3.8, 4) is 33.4 Å². The van der Waals surface area contributed by atoms with Crippen LogP contribution in [0.2, 0.25) is 0 Å². The van der Waals surface area contributed by atoms with Crippen molar-refractivity contribution in [2.45, 2.75) is 0 Å². The number of hydrogen-bond donors (Lipinski definition) is 0. The average molecular weight is 597 g/mol. The third-order valence-electron chi connectivity index (χ3n) is 9.81. The highest BCUT2D eigenvalue weighted by Gasteiger charge is 2.18. The summed E-state index contributed by atoms with van der Waals surface area (Å²) < 4.78 is 6.31. The van der Waals surface area contributed by atoms with Gasteiger partial charge < -0.3 is 4.42 Å². The minimum absolute atomic E-state index is 0.920. The van der Waals surface area contributed by atoms with Gasteiger partial charge in [0.15, 0.2) is 0 Å². The summed E-state index contributed by atoms with van der Waals surface area (Å²) in [6, 6.07) is 61.7. The van der Waals surface area contributed by atoms with Crippen LogP contribution in [0, 0.1) is 0 Å². The summed E-state index contributed by atoms with van der Waals surface area (Å²) in [4.78, 5) is 0. The zero-order valence-electron chi connectivity index (χ0n) is 25.6. The van der Waals surface area contributed by atoms with E-state index in [0.717, 1.165) is 21.9 Å². The van der Waals surface area contributed by atoms with E-state index >= 15 is 0 Å². The van der Waals surface area contributed by atoms with E-state index < -0.39 is 0 Å². The molecule has 10 rings (SSSR count). The van der Waals surface area contributed by atoms with E-state index in [9.17, 15) is 0 Å². The number of para-hydroxylation sites is 1. The Kier molecular flexibility index (Phi) is 5.64. The lowest BCUT2D eigenvalue weighted by molar-refractivity contribution is 0.669. The molecule has 1 heteroatoms. The highest BCUT2D eigenvalue weighted by atomic mass is 16.3. The van der Waals surface area contributed by atoms with Gasteiger partial charge in [-0.05, 0) is 107 Å². The SMILES string of the molecule is c1cc(-c2cccc3cc4c(cc23)oc2ccccc24)cc(-c2c3ccccc3c(-c3ccc4ccccc4c3)c3ccccc23)c1. The van der Waals surface area contributed by atoms with Crippen LogP contribution in [0.4, 0.5) is 0 Å². The molecule has 47 heavy (non-hydrogen) atoms. The van der Waals surface area contributed by atoms with Crippen molar-refractivity contribution in [3.63, 3.8) is 0 Å². The Hall–Kier alpha value is -6.18. The Labute approximate surface area is 271 Å². The number of fused-ring (bicyclic) bond motifs is 7. The largest absolute Gasteiger partial charge is 0.456 e. The Balaban J connectivity index is 1.21. The topological polar surface area (TPSA) is 13.1 Å². The second kappa shape index (κ2) is 10.2. The Morgan fingerprint density at radius 1 is 0.277 bits per heavy atom. The minimum Gasteiger partial charge on any atom is -0.456 e. The molecule has 1 heterocycles. The van der Waals surface area contributed by atoms with Gasteiger partial charge in [0, 0.05) is 10.8 Å². The lowest BCUT2D eigenvalue weighted by atomic mass is 9.85. The van der Waals surface area contributed by atoms with Crippen LogP contribution in [0.3, 0.4) is 0 Å². The van der Waals surface area contributed by atoms with Crippen LogP contribution in [0.1, 0.15) is 0 Å². The van der Waals surface area contributed by atoms with Crippen LogP contribution in [-0.4, -0.2) is 0 Å². The Morgan fingerprint density at radius 3 is 1.60 bits per heavy atom. The summed E-state index contributed by atoms with van der Waals surface area (Å²) in [5.41, 5.74) is 9.23. The first-order chi connectivity index (χ1) is 23.3. The molecule has 0 aliphatic rings. The summed E-state index contributed by atoms with van der Waals surface area (Å²) >= 11 is 0. The Bertz CT molecular complexity index is 2800. The molecular weight excluding hydrogens is 569 g/mol. The molecule has 10 aromatic rings. The maximum atomic E-state index is 6.31. The monoisotopic (exact) mass is 596 g/mol. The van der Waals surface area contributed by atoms with Crippen molar-refractivity contribution in [1.82, 2.24) is 0 Å². The van der Waals surface area contributed by atoms with Crippen molar-refractivity contribution in [1.29, 1.82) is 0 Å². The highest BCUT2D eigenvalue weighted by Crippen LogP contribution is 2.45. The van der Waals surface area contributed by atoms with E-state index in [4.69, 9.17) is 4.42 Å². The molecule has 0 unspecified atom stereocenters. The van der Waals surface area contributed by atoms with E-state index in [1.807, 2.05) is 12.1 Å². The molecule has 0 saturated carbocycles. The fourth-order valence-corrected chi connectivity index (χ4v) is 7.69.